The van der Waals surface area contributed by atoms with Gasteiger partial charge in [0.05, 0.1) is 22.8 Å². The van der Waals surface area contributed by atoms with E-state index >= 15 is 0 Å². The summed E-state index contributed by atoms with van der Waals surface area (Å²) in [6, 6.07) is 5.86. The molecule has 1 N–H and O–H groups in total. The van der Waals surface area contributed by atoms with Gasteiger partial charge in [-0.25, -0.2) is 17.6 Å². The Bertz CT molecular complexity index is 1160. The van der Waals surface area contributed by atoms with Crippen molar-refractivity contribution < 1.29 is 17.6 Å². The summed E-state index contributed by atoms with van der Waals surface area (Å²) in [7, 11) is 0. The summed E-state index contributed by atoms with van der Waals surface area (Å²) in [6.45, 7) is 10.0. The van der Waals surface area contributed by atoms with Gasteiger partial charge in [-0.3, -0.25) is 0 Å². The second kappa shape index (κ2) is 13.8. The van der Waals surface area contributed by atoms with Gasteiger partial charge in [0.2, 0.25) is 0 Å². The van der Waals surface area contributed by atoms with E-state index in [2.05, 4.69) is 17.5 Å². The Morgan fingerprint density at radius 3 is 1.90 bits per heavy atom. The summed E-state index contributed by atoms with van der Waals surface area (Å²) in [5, 5.41) is 32.0. The van der Waals surface area contributed by atoms with E-state index in [-0.39, 0.29) is 27.5 Å². The molecule has 0 saturated heterocycles. The Morgan fingerprint density at radius 1 is 0.769 bits per heavy atom. The van der Waals surface area contributed by atoms with Crippen LogP contribution < -0.4 is 5.32 Å². The summed E-state index contributed by atoms with van der Waals surface area (Å²) in [5.74, 6) is 0. The molecule has 0 bridgehead atoms. The molecular weight excluding hydrogens is 504 g/mol. The van der Waals surface area contributed by atoms with Gasteiger partial charge >= 0.3 is 0 Å². The molecule has 0 aromatic rings. The van der Waals surface area contributed by atoms with Gasteiger partial charge in [0.25, 0.3) is 12.9 Å². The van der Waals surface area contributed by atoms with Crippen molar-refractivity contribution in [2.45, 2.75) is 112 Å². The van der Waals surface area contributed by atoms with E-state index < -0.39 is 18.4 Å². The first-order valence-electron chi connectivity index (χ1n) is 13.7. The van der Waals surface area contributed by atoms with E-state index in [4.69, 9.17) is 0 Å². The number of nitrogens with one attached hydrogen (secondary N) is 1. The molecule has 39 heavy (non-hydrogen) atoms. The normalized spacial score (nSPS) is 21.4. The molecule has 0 fully saturated rings. The lowest BCUT2D eigenvalue weighted by Gasteiger charge is -2.34. The highest BCUT2D eigenvalue weighted by atomic mass is 19.3. The lowest BCUT2D eigenvalue weighted by atomic mass is 9.70. The van der Waals surface area contributed by atoms with E-state index in [1.165, 1.54) is 6.92 Å². The lowest BCUT2D eigenvalue weighted by Crippen LogP contribution is -2.29. The van der Waals surface area contributed by atoms with Crippen molar-refractivity contribution in [2.75, 3.05) is 6.54 Å². The molecule has 2 aliphatic carbocycles. The summed E-state index contributed by atoms with van der Waals surface area (Å²) in [5.41, 5.74) is 1.75. The quantitative estimate of drug-likeness (QED) is 0.160. The van der Waals surface area contributed by atoms with Crippen molar-refractivity contribution in [2.24, 2.45) is 10.8 Å². The smallest absolute Gasteiger partial charge is 0.273 e. The molecule has 0 unspecified atom stereocenters. The van der Waals surface area contributed by atoms with Crippen molar-refractivity contribution in [3.05, 3.63) is 44.7 Å². The maximum atomic E-state index is 13.4. The van der Waals surface area contributed by atoms with Crippen molar-refractivity contribution in [1.29, 1.82) is 15.8 Å². The average Bonchev–Trinajstić information content (AvgIpc) is 2.83. The fourth-order valence-corrected chi connectivity index (χ4v) is 5.71. The monoisotopic (exact) mass is 544 g/mol. The Morgan fingerprint density at radius 2 is 1.33 bits per heavy atom. The van der Waals surface area contributed by atoms with Gasteiger partial charge < -0.3 is 5.32 Å². The minimum atomic E-state index is -2.90. The summed E-state index contributed by atoms with van der Waals surface area (Å²) >= 11 is 0. The molecule has 4 nitrogen and oxygen atoms in total. The maximum absolute atomic E-state index is 13.4. The molecule has 212 valence electrons. The van der Waals surface area contributed by atoms with Gasteiger partial charge in [0, 0.05) is 12.2 Å². The zero-order valence-electron chi connectivity index (χ0n) is 23.8. The number of alkyl halides is 4. The summed E-state index contributed by atoms with van der Waals surface area (Å²) in [4.78, 5) is 0. The largest absolute Gasteiger partial charge is 0.387 e. The van der Waals surface area contributed by atoms with Gasteiger partial charge in [-0.2, -0.15) is 15.8 Å². The van der Waals surface area contributed by atoms with Crippen molar-refractivity contribution >= 4 is 0 Å². The molecule has 2 aliphatic rings. The number of hydrogen-bond donors (Lipinski definition) is 1. The number of halogens is 4. The first kappa shape index (κ1) is 32.2. The average molecular weight is 545 g/mol. The lowest BCUT2D eigenvalue weighted by molar-refractivity contribution is 0.186. The number of hydrogen-bond acceptors (Lipinski definition) is 4. The Labute approximate surface area is 230 Å². The second-order valence-corrected chi connectivity index (χ2v) is 12.3. The zero-order valence-corrected chi connectivity index (χ0v) is 23.8. The van der Waals surface area contributed by atoms with Crippen molar-refractivity contribution in [3.63, 3.8) is 0 Å². The van der Waals surface area contributed by atoms with Crippen molar-refractivity contribution in [3.8, 4) is 18.2 Å². The highest BCUT2D eigenvalue weighted by Crippen LogP contribution is 2.45. The van der Waals surface area contributed by atoms with E-state index in [9.17, 15) is 33.3 Å². The van der Waals surface area contributed by atoms with E-state index in [1.54, 1.807) is 6.07 Å². The molecule has 0 radical (unpaired) electrons. The first-order valence-corrected chi connectivity index (χ1v) is 13.7. The standard InChI is InChI=1S/C31H40F4N4/c1-20(28(32)33)22-14-31(4,5)16-27(25(22)18-37)39-12-10-8-6-7-9-11-21-13-30(2,3)15-23(24(21)17-36)26(19-38)29(34)35/h28-29,39H,6-16H2,1-5H3/b22-20-,26-23+. The molecule has 0 saturated carbocycles. The number of rotatable bonds is 11. The molecule has 8 heteroatoms. The van der Waals surface area contributed by atoms with Gasteiger partial charge in [0.15, 0.2) is 0 Å². The number of allylic oxidation sites excluding steroid dienone is 8. The van der Waals surface area contributed by atoms with Gasteiger partial charge in [-0.1, -0.05) is 52.5 Å². The van der Waals surface area contributed by atoms with Gasteiger partial charge in [-0.15, -0.1) is 0 Å². The van der Waals surface area contributed by atoms with Crippen LogP contribution in [0.2, 0.25) is 0 Å². The van der Waals surface area contributed by atoms with Crippen LogP contribution in [0.25, 0.3) is 0 Å². The van der Waals surface area contributed by atoms with E-state index in [0.717, 1.165) is 43.4 Å². The molecular formula is C31H40F4N4. The zero-order chi connectivity index (χ0) is 29.4. The van der Waals surface area contributed by atoms with Crippen LogP contribution in [0.15, 0.2) is 44.7 Å². The molecule has 0 heterocycles. The number of nitrogens with zero attached hydrogens (tertiary/aromatic N) is 3. The number of nitriles is 3. The topological polar surface area (TPSA) is 83.4 Å². The highest BCUT2D eigenvalue weighted by Gasteiger charge is 2.34. The minimum absolute atomic E-state index is 0.0321. The maximum Gasteiger partial charge on any atom is 0.273 e. The molecule has 0 spiro atoms. The van der Waals surface area contributed by atoms with Crippen LogP contribution >= 0.6 is 0 Å². The van der Waals surface area contributed by atoms with Crippen LogP contribution in [0, 0.1) is 44.8 Å². The summed E-state index contributed by atoms with van der Waals surface area (Å²) < 4.78 is 53.7. The predicted molar refractivity (Wildman–Crippen MR) is 144 cm³/mol. The Balaban J connectivity index is 1.94. The molecule has 0 aromatic heterocycles. The SMILES string of the molecule is C/C(=C1\CC(C)(C)CC(NCCCCCCCC2=C(C#N)/C(=C(\C#N)C(F)F)CC(C)(C)C2)=C1C#N)C(F)F. The van der Waals surface area contributed by atoms with Crippen molar-refractivity contribution in [1.82, 2.24) is 5.32 Å². The minimum Gasteiger partial charge on any atom is -0.387 e. The van der Waals surface area contributed by atoms with Crippen LogP contribution in [0.5, 0.6) is 0 Å². The molecule has 0 atom stereocenters. The van der Waals surface area contributed by atoms with Crippen LogP contribution in [-0.4, -0.2) is 19.4 Å². The third-order valence-corrected chi connectivity index (χ3v) is 7.60. The predicted octanol–water partition coefficient (Wildman–Crippen LogP) is 8.82. The van der Waals surface area contributed by atoms with Crippen LogP contribution in [0.3, 0.4) is 0 Å². The van der Waals surface area contributed by atoms with Crippen LogP contribution in [-0.2, 0) is 0 Å². The molecule has 0 aromatic carbocycles. The first-order chi connectivity index (χ1) is 18.3. The Hall–Kier alpha value is -3.05. The highest BCUT2D eigenvalue weighted by molar-refractivity contribution is 5.54. The van der Waals surface area contributed by atoms with E-state index in [1.807, 2.05) is 27.7 Å². The molecule has 2 rings (SSSR count). The van der Waals surface area contributed by atoms with Crippen LogP contribution in [0.4, 0.5) is 17.6 Å². The fraction of sp³-hybridized carbons (Fsp3) is 0.645. The van der Waals surface area contributed by atoms with Gasteiger partial charge in [0.1, 0.15) is 12.1 Å². The second-order valence-electron chi connectivity index (χ2n) is 12.3. The molecule has 0 aliphatic heterocycles. The third-order valence-electron chi connectivity index (χ3n) is 7.60. The third kappa shape index (κ3) is 8.72. The number of unbranched alkanes of at least 4 members (excludes halogenated alkanes) is 4. The fourth-order valence-electron chi connectivity index (χ4n) is 5.71. The Kier molecular flexibility index (Phi) is 11.4. The van der Waals surface area contributed by atoms with Gasteiger partial charge in [-0.05, 0) is 79.4 Å². The molecule has 0 amide bonds. The van der Waals surface area contributed by atoms with Crippen LogP contribution in [0.1, 0.15) is 98.8 Å². The summed E-state index contributed by atoms with van der Waals surface area (Å²) in [6.07, 6.45) is 1.69. The van der Waals surface area contributed by atoms with E-state index in [0.29, 0.717) is 49.8 Å².